The van der Waals surface area contributed by atoms with Crippen molar-refractivity contribution < 1.29 is 18.0 Å². The highest BCUT2D eigenvalue weighted by Crippen LogP contribution is 2.17. The number of anilines is 1. The van der Waals surface area contributed by atoms with Gasteiger partial charge in [-0.3, -0.25) is 9.59 Å². The summed E-state index contributed by atoms with van der Waals surface area (Å²) in [6.45, 7) is -0.167. The molecule has 0 radical (unpaired) electrons. The standard InChI is InChI=1S/C24H25N3O4S/c25-23(28)17-20-11-13-21(14-12-20)26-24(29)18-27(16-15-19-7-3-1-4-8-19)32(30,31)22-9-5-2-6-10-22/h1-14H,15-18H2,(H2,25,28)(H,26,29). The van der Waals surface area contributed by atoms with Crippen LogP contribution in [0.5, 0.6) is 0 Å². The fraction of sp³-hybridized carbons (Fsp3) is 0.167. The summed E-state index contributed by atoms with van der Waals surface area (Å²) in [6.07, 6.45) is 0.582. The molecule has 0 aliphatic heterocycles. The Kier molecular flexibility index (Phi) is 7.75. The van der Waals surface area contributed by atoms with Crippen LogP contribution in [0.2, 0.25) is 0 Å². The number of nitrogens with zero attached hydrogens (tertiary/aromatic N) is 1. The number of rotatable bonds is 10. The molecular formula is C24H25N3O4S. The zero-order valence-corrected chi connectivity index (χ0v) is 18.3. The van der Waals surface area contributed by atoms with Crippen LogP contribution in [0.3, 0.4) is 0 Å². The maximum Gasteiger partial charge on any atom is 0.243 e. The maximum atomic E-state index is 13.2. The minimum Gasteiger partial charge on any atom is -0.369 e. The van der Waals surface area contributed by atoms with Crippen LogP contribution in [0, 0.1) is 0 Å². The fourth-order valence-corrected chi connectivity index (χ4v) is 4.61. The van der Waals surface area contributed by atoms with Crippen LogP contribution in [-0.4, -0.2) is 37.6 Å². The van der Waals surface area contributed by atoms with Crippen LogP contribution >= 0.6 is 0 Å². The smallest absolute Gasteiger partial charge is 0.243 e. The highest BCUT2D eigenvalue weighted by atomic mass is 32.2. The maximum absolute atomic E-state index is 13.2. The topological polar surface area (TPSA) is 110 Å². The number of primary amides is 1. The minimum atomic E-state index is -3.86. The number of nitrogens with two attached hydrogens (primary N) is 1. The van der Waals surface area contributed by atoms with Crippen molar-refractivity contribution >= 4 is 27.5 Å². The van der Waals surface area contributed by atoms with E-state index < -0.39 is 21.8 Å². The quantitative estimate of drug-likeness (QED) is 0.494. The van der Waals surface area contributed by atoms with E-state index in [1.165, 1.54) is 16.4 Å². The third-order valence-electron chi connectivity index (χ3n) is 4.81. The first-order valence-corrected chi connectivity index (χ1v) is 11.5. The first kappa shape index (κ1) is 23.2. The predicted octanol–water partition coefficient (Wildman–Crippen LogP) is 2.59. The van der Waals surface area contributed by atoms with Gasteiger partial charge in [-0.25, -0.2) is 8.42 Å². The Morgan fingerprint density at radius 1 is 0.812 bits per heavy atom. The minimum absolute atomic E-state index is 0.108. The summed E-state index contributed by atoms with van der Waals surface area (Å²) < 4.78 is 27.6. The van der Waals surface area contributed by atoms with Gasteiger partial charge in [-0.05, 0) is 41.8 Å². The molecule has 0 aromatic heterocycles. The van der Waals surface area contributed by atoms with E-state index in [-0.39, 0.29) is 24.4 Å². The summed E-state index contributed by atoms with van der Waals surface area (Å²) in [6, 6.07) is 24.2. The van der Waals surface area contributed by atoms with Gasteiger partial charge in [0.15, 0.2) is 0 Å². The number of hydrogen-bond donors (Lipinski definition) is 2. The molecule has 0 saturated heterocycles. The highest BCUT2D eigenvalue weighted by molar-refractivity contribution is 7.89. The van der Waals surface area contributed by atoms with Gasteiger partial charge in [0, 0.05) is 12.2 Å². The van der Waals surface area contributed by atoms with Gasteiger partial charge < -0.3 is 11.1 Å². The Hall–Kier alpha value is -3.49. The Morgan fingerprint density at radius 3 is 2.00 bits per heavy atom. The SMILES string of the molecule is NC(=O)Cc1ccc(NC(=O)CN(CCc2ccccc2)S(=O)(=O)c2ccccc2)cc1. The molecule has 3 aromatic carbocycles. The molecule has 8 heteroatoms. The van der Waals surface area contributed by atoms with Crippen molar-refractivity contribution in [2.45, 2.75) is 17.7 Å². The lowest BCUT2D eigenvalue weighted by atomic mass is 10.1. The third-order valence-corrected chi connectivity index (χ3v) is 6.67. The number of benzene rings is 3. The normalized spacial score (nSPS) is 11.3. The van der Waals surface area contributed by atoms with Crippen molar-refractivity contribution in [2.75, 3.05) is 18.4 Å². The van der Waals surface area contributed by atoms with Crippen molar-refractivity contribution in [2.24, 2.45) is 5.73 Å². The zero-order valence-electron chi connectivity index (χ0n) is 17.5. The van der Waals surface area contributed by atoms with Gasteiger partial charge in [-0.2, -0.15) is 4.31 Å². The van der Waals surface area contributed by atoms with Crippen molar-refractivity contribution in [1.82, 2.24) is 4.31 Å². The van der Waals surface area contributed by atoms with Crippen LogP contribution in [0.15, 0.2) is 89.8 Å². The zero-order chi connectivity index (χ0) is 23.0. The summed E-state index contributed by atoms with van der Waals surface area (Å²) in [7, 11) is -3.86. The van der Waals surface area contributed by atoms with Crippen molar-refractivity contribution in [3.05, 3.63) is 96.1 Å². The molecular weight excluding hydrogens is 426 g/mol. The van der Waals surface area contributed by atoms with Crippen molar-refractivity contribution in [3.63, 3.8) is 0 Å². The van der Waals surface area contributed by atoms with Crippen LogP contribution in [0.1, 0.15) is 11.1 Å². The molecule has 3 rings (SSSR count). The highest BCUT2D eigenvalue weighted by Gasteiger charge is 2.26. The van der Waals surface area contributed by atoms with E-state index in [1.54, 1.807) is 42.5 Å². The predicted molar refractivity (Wildman–Crippen MR) is 123 cm³/mol. The van der Waals surface area contributed by atoms with E-state index >= 15 is 0 Å². The number of hydrogen-bond acceptors (Lipinski definition) is 4. The number of carbonyl (C=O) groups is 2. The molecule has 0 fully saturated rings. The molecule has 0 bridgehead atoms. The first-order chi connectivity index (χ1) is 15.3. The van der Waals surface area contributed by atoms with E-state index in [2.05, 4.69) is 5.32 Å². The fourth-order valence-electron chi connectivity index (χ4n) is 3.19. The summed E-state index contributed by atoms with van der Waals surface area (Å²) in [4.78, 5) is 23.8. The van der Waals surface area contributed by atoms with Gasteiger partial charge in [0.25, 0.3) is 0 Å². The second-order valence-corrected chi connectivity index (χ2v) is 9.21. The molecule has 0 aliphatic rings. The molecule has 0 spiro atoms. The Balaban J connectivity index is 1.74. The molecule has 32 heavy (non-hydrogen) atoms. The summed E-state index contributed by atoms with van der Waals surface area (Å²) >= 11 is 0. The lowest BCUT2D eigenvalue weighted by Gasteiger charge is -2.22. The molecule has 0 saturated carbocycles. The number of sulfonamides is 1. The largest absolute Gasteiger partial charge is 0.369 e. The lowest BCUT2D eigenvalue weighted by molar-refractivity contribution is -0.117. The van der Waals surface area contributed by atoms with Crippen molar-refractivity contribution in [1.29, 1.82) is 0 Å². The van der Waals surface area contributed by atoms with E-state index in [4.69, 9.17) is 5.73 Å². The van der Waals surface area contributed by atoms with E-state index in [1.807, 2.05) is 30.3 Å². The monoisotopic (exact) mass is 451 g/mol. The van der Waals surface area contributed by atoms with Crippen LogP contribution in [0.4, 0.5) is 5.69 Å². The Bertz CT molecular complexity index is 1150. The van der Waals surface area contributed by atoms with Gasteiger partial charge in [0.2, 0.25) is 21.8 Å². The molecule has 166 valence electrons. The van der Waals surface area contributed by atoms with Gasteiger partial charge in [0.1, 0.15) is 0 Å². The second kappa shape index (κ2) is 10.7. The second-order valence-electron chi connectivity index (χ2n) is 7.28. The molecule has 0 aliphatic carbocycles. The molecule has 3 aromatic rings. The van der Waals surface area contributed by atoms with E-state index in [9.17, 15) is 18.0 Å². The number of amides is 2. The molecule has 2 amide bonds. The molecule has 0 unspecified atom stereocenters. The van der Waals surface area contributed by atoms with E-state index in [0.29, 0.717) is 12.1 Å². The van der Waals surface area contributed by atoms with E-state index in [0.717, 1.165) is 11.1 Å². The number of carbonyl (C=O) groups excluding carboxylic acids is 2. The van der Waals surface area contributed by atoms with Crippen LogP contribution in [-0.2, 0) is 32.5 Å². The lowest BCUT2D eigenvalue weighted by Crippen LogP contribution is -2.39. The number of nitrogens with one attached hydrogen (secondary N) is 1. The van der Waals surface area contributed by atoms with Gasteiger partial charge in [-0.15, -0.1) is 0 Å². The first-order valence-electron chi connectivity index (χ1n) is 10.1. The summed E-state index contributed by atoms with van der Waals surface area (Å²) in [5, 5.41) is 2.71. The average molecular weight is 452 g/mol. The van der Waals surface area contributed by atoms with Gasteiger partial charge in [-0.1, -0.05) is 60.7 Å². The molecule has 3 N–H and O–H groups in total. The Labute approximate surface area is 187 Å². The Morgan fingerprint density at radius 2 is 1.41 bits per heavy atom. The molecule has 7 nitrogen and oxygen atoms in total. The average Bonchev–Trinajstić information content (AvgIpc) is 2.79. The summed E-state index contributed by atoms with van der Waals surface area (Å²) in [5.74, 6) is -0.901. The third kappa shape index (κ3) is 6.50. The molecule has 0 heterocycles. The van der Waals surface area contributed by atoms with Gasteiger partial charge >= 0.3 is 0 Å². The molecule has 0 atom stereocenters. The van der Waals surface area contributed by atoms with Gasteiger partial charge in [0.05, 0.1) is 17.9 Å². The van der Waals surface area contributed by atoms with Crippen LogP contribution < -0.4 is 11.1 Å². The summed E-state index contributed by atoms with van der Waals surface area (Å²) in [5.41, 5.74) is 7.40. The van der Waals surface area contributed by atoms with Crippen molar-refractivity contribution in [3.8, 4) is 0 Å². The van der Waals surface area contributed by atoms with Crippen LogP contribution in [0.25, 0.3) is 0 Å².